The van der Waals surface area contributed by atoms with Crippen molar-refractivity contribution >= 4 is 17.6 Å². The number of benzene rings is 2. The van der Waals surface area contributed by atoms with E-state index < -0.39 is 11.7 Å². The molecule has 162 valence electrons. The molecule has 2 aromatic carbocycles. The molecule has 2 aromatic rings. The fourth-order valence-electron chi connectivity index (χ4n) is 4.09. The second kappa shape index (κ2) is 9.84. The molecule has 0 unspecified atom stereocenters. The minimum absolute atomic E-state index is 0.108. The SMILES string of the molecule is CCOC(=O)C[C@H]1C[C@H](c2cccc(Cl)c2)CN(Cc2ccc(C(F)(F)F)cc2)C1. The summed E-state index contributed by atoms with van der Waals surface area (Å²) in [6.45, 7) is 4.09. The first-order valence-corrected chi connectivity index (χ1v) is 10.4. The Labute approximate surface area is 179 Å². The van der Waals surface area contributed by atoms with E-state index in [-0.39, 0.29) is 17.8 Å². The van der Waals surface area contributed by atoms with Crippen LogP contribution in [0.5, 0.6) is 0 Å². The van der Waals surface area contributed by atoms with Gasteiger partial charge in [-0.2, -0.15) is 13.2 Å². The van der Waals surface area contributed by atoms with Gasteiger partial charge in [0.2, 0.25) is 0 Å². The van der Waals surface area contributed by atoms with E-state index in [4.69, 9.17) is 16.3 Å². The molecule has 0 saturated carbocycles. The summed E-state index contributed by atoms with van der Waals surface area (Å²) in [6, 6.07) is 13.0. The molecular weight excluding hydrogens is 415 g/mol. The predicted octanol–water partition coefficient (Wildman–Crippen LogP) is 5.92. The van der Waals surface area contributed by atoms with Crippen molar-refractivity contribution in [2.45, 2.75) is 38.4 Å². The van der Waals surface area contributed by atoms with Crippen LogP contribution in [0.2, 0.25) is 5.02 Å². The third-order valence-electron chi connectivity index (χ3n) is 5.38. The molecule has 0 aliphatic carbocycles. The molecule has 1 heterocycles. The molecule has 3 rings (SSSR count). The van der Waals surface area contributed by atoms with Gasteiger partial charge in [-0.25, -0.2) is 0 Å². The Hall–Kier alpha value is -2.05. The molecule has 0 radical (unpaired) electrons. The monoisotopic (exact) mass is 439 g/mol. The molecule has 0 bridgehead atoms. The van der Waals surface area contributed by atoms with Crippen LogP contribution in [0.15, 0.2) is 48.5 Å². The predicted molar refractivity (Wildman–Crippen MR) is 110 cm³/mol. The highest BCUT2D eigenvalue weighted by molar-refractivity contribution is 6.30. The smallest absolute Gasteiger partial charge is 0.416 e. The van der Waals surface area contributed by atoms with Crippen LogP contribution in [-0.4, -0.2) is 30.6 Å². The molecule has 2 atom stereocenters. The topological polar surface area (TPSA) is 29.5 Å². The Morgan fingerprint density at radius 3 is 2.53 bits per heavy atom. The Balaban J connectivity index is 1.75. The van der Waals surface area contributed by atoms with Crippen LogP contribution in [0.25, 0.3) is 0 Å². The van der Waals surface area contributed by atoms with Gasteiger partial charge in [-0.05, 0) is 60.6 Å². The highest BCUT2D eigenvalue weighted by atomic mass is 35.5. The van der Waals surface area contributed by atoms with E-state index in [1.54, 1.807) is 6.92 Å². The number of carbonyl (C=O) groups is 1. The summed E-state index contributed by atoms with van der Waals surface area (Å²) in [5, 5.41) is 0.661. The van der Waals surface area contributed by atoms with E-state index in [9.17, 15) is 18.0 Å². The molecule has 0 spiro atoms. The van der Waals surface area contributed by atoms with Gasteiger partial charge in [0.05, 0.1) is 12.2 Å². The van der Waals surface area contributed by atoms with Crippen molar-refractivity contribution in [3.05, 3.63) is 70.2 Å². The summed E-state index contributed by atoms with van der Waals surface area (Å²) in [5.41, 5.74) is 1.26. The summed E-state index contributed by atoms with van der Waals surface area (Å²) in [7, 11) is 0. The van der Waals surface area contributed by atoms with E-state index in [1.807, 2.05) is 24.3 Å². The minimum Gasteiger partial charge on any atom is -0.466 e. The van der Waals surface area contributed by atoms with Crippen LogP contribution in [0, 0.1) is 5.92 Å². The lowest BCUT2D eigenvalue weighted by Gasteiger charge is -2.38. The summed E-state index contributed by atoms with van der Waals surface area (Å²) in [4.78, 5) is 14.2. The fourth-order valence-corrected chi connectivity index (χ4v) is 4.29. The Morgan fingerprint density at radius 1 is 1.17 bits per heavy atom. The Kier molecular flexibility index (Phi) is 7.42. The summed E-state index contributed by atoms with van der Waals surface area (Å²) < 4.78 is 43.6. The zero-order valence-electron chi connectivity index (χ0n) is 16.8. The maximum atomic E-state index is 12.8. The first kappa shape index (κ1) is 22.6. The number of hydrogen-bond acceptors (Lipinski definition) is 3. The largest absolute Gasteiger partial charge is 0.466 e. The van der Waals surface area contributed by atoms with Crippen molar-refractivity contribution in [3.63, 3.8) is 0 Å². The number of ether oxygens (including phenoxy) is 1. The lowest BCUT2D eigenvalue weighted by Crippen LogP contribution is -2.40. The number of alkyl halides is 3. The fraction of sp³-hybridized carbons (Fsp3) is 0.435. The van der Waals surface area contributed by atoms with Crippen molar-refractivity contribution in [2.24, 2.45) is 5.92 Å². The normalized spacial score (nSPS) is 20.2. The van der Waals surface area contributed by atoms with E-state index >= 15 is 0 Å². The summed E-state index contributed by atoms with van der Waals surface area (Å²) >= 11 is 6.16. The number of rotatable bonds is 6. The molecule has 3 nitrogen and oxygen atoms in total. The van der Waals surface area contributed by atoms with Gasteiger partial charge in [-0.15, -0.1) is 0 Å². The van der Waals surface area contributed by atoms with E-state index in [0.29, 0.717) is 31.1 Å². The Morgan fingerprint density at radius 2 is 1.90 bits per heavy atom. The zero-order valence-corrected chi connectivity index (χ0v) is 17.5. The van der Waals surface area contributed by atoms with Gasteiger partial charge >= 0.3 is 12.1 Å². The van der Waals surface area contributed by atoms with Gasteiger partial charge in [0, 0.05) is 31.1 Å². The maximum absolute atomic E-state index is 12.8. The highest BCUT2D eigenvalue weighted by Crippen LogP contribution is 2.34. The van der Waals surface area contributed by atoms with E-state index in [0.717, 1.165) is 36.2 Å². The summed E-state index contributed by atoms with van der Waals surface area (Å²) in [5.74, 6) is 0.0753. The van der Waals surface area contributed by atoms with Crippen molar-refractivity contribution < 1.29 is 22.7 Å². The van der Waals surface area contributed by atoms with Gasteiger partial charge < -0.3 is 4.74 Å². The zero-order chi connectivity index (χ0) is 21.7. The molecule has 1 fully saturated rings. The van der Waals surface area contributed by atoms with Gasteiger partial charge in [-0.3, -0.25) is 9.69 Å². The number of nitrogens with zero attached hydrogens (tertiary/aromatic N) is 1. The van der Waals surface area contributed by atoms with Crippen molar-refractivity contribution in [3.8, 4) is 0 Å². The maximum Gasteiger partial charge on any atom is 0.416 e. The number of piperidine rings is 1. The van der Waals surface area contributed by atoms with Crippen LogP contribution < -0.4 is 0 Å². The van der Waals surface area contributed by atoms with E-state index in [2.05, 4.69) is 4.90 Å². The average Bonchev–Trinajstić information content (AvgIpc) is 2.67. The molecule has 1 aliphatic heterocycles. The van der Waals surface area contributed by atoms with Gasteiger partial charge in [-0.1, -0.05) is 35.9 Å². The molecule has 1 aliphatic rings. The average molecular weight is 440 g/mol. The van der Waals surface area contributed by atoms with Gasteiger partial charge in [0.25, 0.3) is 0 Å². The quantitative estimate of drug-likeness (QED) is 0.523. The van der Waals surface area contributed by atoms with Crippen molar-refractivity contribution in [2.75, 3.05) is 19.7 Å². The van der Waals surface area contributed by atoms with Crippen LogP contribution in [0.3, 0.4) is 0 Å². The van der Waals surface area contributed by atoms with E-state index in [1.165, 1.54) is 12.1 Å². The number of carbonyl (C=O) groups excluding carboxylic acids is 1. The molecule has 0 aromatic heterocycles. The summed E-state index contributed by atoms with van der Waals surface area (Å²) in [6.07, 6.45) is -3.18. The molecule has 0 N–H and O–H groups in total. The lowest BCUT2D eigenvalue weighted by molar-refractivity contribution is -0.144. The number of halogens is 4. The van der Waals surface area contributed by atoms with Gasteiger partial charge in [0.15, 0.2) is 0 Å². The first-order valence-electron chi connectivity index (χ1n) is 10.0. The van der Waals surface area contributed by atoms with Crippen molar-refractivity contribution in [1.82, 2.24) is 4.90 Å². The second-order valence-corrected chi connectivity index (χ2v) is 8.19. The van der Waals surface area contributed by atoms with Crippen LogP contribution in [0.1, 0.15) is 42.4 Å². The number of likely N-dealkylation sites (tertiary alicyclic amines) is 1. The molecular formula is C23H25ClF3NO2. The third-order valence-corrected chi connectivity index (χ3v) is 5.62. The highest BCUT2D eigenvalue weighted by Gasteiger charge is 2.31. The molecule has 1 saturated heterocycles. The van der Waals surface area contributed by atoms with Crippen LogP contribution in [0.4, 0.5) is 13.2 Å². The number of hydrogen-bond donors (Lipinski definition) is 0. The lowest BCUT2D eigenvalue weighted by atomic mass is 9.83. The molecule has 7 heteroatoms. The standard InChI is InChI=1S/C23H25ClF3NO2/c1-2-30-22(29)11-17-10-19(18-4-3-5-21(24)12-18)15-28(14-17)13-16-6-8-20(9-7-16)23(25,26)27/h3-9,12,17,19H,2,10-11,13-15H2,1H3/t17-,19+/m1/s1. The Bertz CT molecular complexity index is 854. The molecule has 30 heavy (non-hydrogen) atoms. The van der Waals surface area contributed by atoms with Gasteiger partial charge in [0.1, 0.15) is 0 Å². The van der Waals surface area contributed by atoms with Crippen LogP contribution in [-0.2, 0) is 22.3 Å². The number of esters is 1. The minimum atomic E-state index is -4.34. The molecule has 0 amide bonds. The third kappa shape index (κ3) is 6.22. The second-order valence-electron chi connectivity index (χ2n) is 7.75. The van der Waals surface area contributed by atoms with Crippen LogP contribution >= 0.6 is 11.6 Å². The first-order chi connectivity index (χ1) is 14.2. The van der Waals surface area contributed by atoms with Crippen molar-refractivity contribution in [1.29, 1.82) is 0 Å².